The van der Waals surface area contributed by atoms with Gasteiger partial charge in [0.25, 0.3) is 5.91 Å². The Morgan fingerprint density at radius 2 is 1.93 bits per heavy atom. The molecule has 2 N–H and O–H groups in total. The van der Waals surface area contributed by atoms with E-state index in [-0.39, 0.29) is 12.1 Å². The number of aliphatic hydroxyl groups excluding tert-OH is 1. The second-order valence-corrected chi connectivity index (χ2v) is 3.22. The third-order valence-corrected chi connectivity index (χ3v) is 1.68. The molecule has 1 aromatic rings. The summed E-state index contributed by atoms with van der Waals surface area (Å²) in [6.07, 6.45) is -0.702. The van der Waals surface area contributed by atoms with Crippen LogP contribution in [-0.4, -0.2) is 23.7 Å². The van der Waals surface area contributed by atoms with E-state index in [1.165, 1.54) is 6.92 Å². The van der Waals surface area contributed by atoms with Gasteiger partial charge in [-0.15, -0.1) is 0 Å². The highest BCUT2D eigenvalue weighted by atomic mass is 19.1. The molecule has 15 heavy (non-hydrogen) atoms. The average Bonchev–Trinajstić information content (AvgIpc) is 2.12. The lowest BCUT2D eigenvalue weighted by molar-refractivity contribution is 0.0923. The van der Waals surface area contributed by atoms with Gasteiger partial charge >= 0.3 is 0 Å². The molecule has 1 amide bonds. The molecule has 0 fully saturated rings. The van der Waals surface area contributed by atoms with Crippen LogP contribution >= 0.6 is 0 Å². The summed E-state index contributed by atoms with van der Waals surface area (Å²) in [5.41, 5.74) is -0.104. The van der Waals surface area contributed by atoms with Crippen molar-refractivity contribution in [2.24, 2.45) is 0 Å². The van der Waals surface area contributed by atoms with E-state index in [2.05, 4.69) is 5.32 Å². The molecule has 0 heterocycles. The summed E-state index contributed by atoms with van der Waals surface area (Å²) in [6, 6.07) is 2.55. The van der Waals surface area contributed by atoms with Gasteiger partial charge in [0.05, 0.1) is 6.10 Å². The highest BCUT2D eigenvalue weighted by Crippen LogP contribution is 2.07. The fraction of sp³-hybridized carbons (Fsp3) is 0.300. The number of rotatable bonds is 3. The van der Waals surface area contributed by atoms with Crippen molar-refractivity contribution in [2.45, 2.75) is 13.0 Å². The number of nitrogens with one attached hydrogen (secondary N) is 1. The Morgan fingerprint density at radius 1 is 1.40 bits per heavy atom. The molecule has 1 aromatic carbocycles. The molecule has 82 valence electrons. The van der Waals surface area contributed by atoms with Crippen LogP contribution in [0.4, 0.5) is 8.78 Å². The maximum absolute atomic E-state index is 12.7. The topological polar surface area (TPSA) is 49.3 Å². The van der Waals surface area contributed by atoms with Crippen LogP contribution in [0.1, 0.15) is 17.3 Å². The lowest BCUT2D eigenvalue weighted by Crippen LogP contribution is -2.30. The zero-order valence-corrected chi connectivity index (χ0v) is 8.13. The molecule has 0 saturated heterocycles. The van der Waals surface area contributed by atoms with E-state index in [4.69, 9.17) is 5.11 Å². The average molecular weight is 215 g/mol. The lowest BCUT2D eigenvalue weighted by atomic mass is 10.2. The van der Waals surface area contributed by atoms with Crippen molar-refractivity contribution in [2.75, 3.05) is 6.54 Å². The molecule has 0 spiro atoms. The summed E-state index contributed by atoms with van der Waals surface area (Å²) in [5.74, 6) is -2.23. The van der Waals surface area contributed by atoms with Crippen molar-refractivity contribution in [3.8, 4) is 0 Å². The van der Waals surface area contributed by atoms with Crippen molar-refractivity contribution in [3.63, 3.8) is 0 Å². The third kappa shape index (κ3) is 3.63. The third-order valence-electron chi connectivity index (χ3n) is 1.68. The number of hydrogen-bond donors (Lipinski definition) is 2. The van der Waals surface area contributed by atoms with Crippen LogP contribution in [0.5, 0.6) is 0 Å². The van der Waals surface area contributed by atoms with Gasteiger partial charge in [0.2, 0.25) is 0 Å². The van der Waals surface area contributed by atoms with Crippen molar-refractivity contribution >= 4 is 5.91 Å². The predicted octanol–water partition coefficient (Wildman–Crippen LogP) is 1.08. The quantitative estimate of drug-likeness (QED) is 0.792. The monoisotopic (exact) mass is 215 g/mol. The molecule has 0 radical (unpaired) electrons. The minimum Gasteiger partial charge on any atom is -0.392 e. The molecule has 0 aromatic heterocycles. The zero-order chi connectivity index (χ0) is 11.4. The Bertz CT molecular complexity index is 346. The summed E-state index contributed by atoms with van der Waals surface area (Å²) in [4.78, 5) is 11.3. The van der Waals surface area contributed by atoms with Crippen molar-refractivity contribution < 1.29 is 18.7 Å². The standard InChI is InChI=1S/C10H11F2NO2/c1-6(14)5-13-10(15)7-2-8(11)4-9(12)3-7/h2-4,6,14H,5H2,1H3,(H,13,15)/t6-/m1/s1. The van der Waals surface area contributed by atoms with E-state index >= 15 is 0 Å². The fourth-order valence-electron chi connectivity index (χ4n) is 1.03. The van der Waals surface area contributed by atoms with Crippen LogP contribution in [0.15, 0.2) is 18.2 Å². The van der Waals surface area contributed by atoms with E-state index < -0.39 is 23.6 Å². The van der Waals surface area contributed by atoms with Gasteiger partial charge in [0, 0.05) is 18.2 Å². The van der Waals surface area contributed by atoms with Gasteiger partial charge < -0.3 is 10.4 Å². The normalized spacial score (nSPS) is 12.3. The summed E-state index contributed by atoms with van der Waals surface area (Å²) in [7, 11) is 0. The van der Waals surface area contributed by atoms with Crippen molar-refractivity contribution in [1.82, 2.24) is 5.32 Å². The van der Waals surface area contributed by atoms with Crippen LogP contribution in [0, 0.1) is 11.6 Å². The highest BCUT2D eigenvalue weighted by Gasteiger charge is 2.09. The molecular formula is C10H11F2NO2. The summed E-state index contributed by atoms with van der Waals surface area (Å²) in [6.45, 7) is 1.53. The fourth-order valence-corrected chi connectivity index (χ4v) is 1.03. The predicted molar refractivity (Wildman–Crippen MR) is 50.4 cm³/mol. The molecule has 3 nitrogen and oxygen atoms in total. The number of halogens is 2. The Labute approximate surface area is 85.7 Å². The summed E-state index contributed by atoms with van der Waals surface area (Å²) < 4.78 is 25.4. The van der Waals surface area contributed by atoms with Gasteiger partial charge in [0.15, 0.2) is 0 Å². The van der Waals surface area contributed by atoms with Crippen molar-refractivity contribution in [1.29, 1.82) is 0 Å². The first-order chi connectivity index (χ1) is 6.99. The second-order valence-electron chi connectivity index (χ2n) is 3.22. The first kappa shape index (κ1) is 11.6. The number of aliphatic hydroxyl groups is 1. The molecule has 5 heteroatoms. The molecule has 0 bridgehead atoms. The molecule has 1 rings (SSSR count). The van der Waals surface area contributed by atoms with Gasteiger partial charge in [-0.1, -0.05) is 0 Å². The lowest BCUT2D eigenvalue weighted by Gasteiger charge is -2.07. The van der Waals surface area contributed by atoms with Gasteiger partial charge in [-0.2, -0.15) is 0 Å². The number of carbonyl (C=O) groups is 1. The Kier molecular flexibility index (Phi) is 3.74. The van der Waals surface area contributed by atoms with Crippen LogP contribution in [0.25, 0.3) is 0 Å². The molecule has 1 atom stereocenters. The first-order valence-corrected chi connectivity index (χ1v) is 4.41. The first-order valence-electron chi connectivity index (χ1n) is 4.41. The largest absolute Gasteiger partial charge is 0.392 e. The summed E-state index contributed by atoms with van der Waals surface area (Å²) in [5, 5.41) is 11.2. The van der Waals surface area contributed by atoms with Crippen molar-refractivity contribution in [3.05, 3.63) is 35.4 Å². The molecule has 0 aliphatic heterocycles. The Balaban J connectivity index is 2.73. The molecule has 0 saturated carbocycles. The molecular weight excluding hydrogens is 204 g/mol. The number of benzene rings is 1. The van der Waals surface area contributed by atoms with Crippen LogP contribution in [0.3, 0.4) is 0 Å². The Morgan fingerprint density at radius 3 is 2.40 bits per heavy atom. The number of carbonyl (C=O) groups excluding carboxylic acids is 1. The second kappa shape index (κ2) is 4.84. The molecule has 0 unspecified atom stereocenters. The van der Waals surface area contributed by atoms with Gasteiger partial charge in [-0.25, -0.2) is 8.78 Å². The van der Waals surface area contributed by atoms with E-state index in [0.717, 1.165) is 12.1 Å². The smallest absolute Gasteiger partial charge is 0.251 e. The van der Waals surface area contributed by atoms with E-state index in [1.807, 2.05) is 0 Å². The summed E-state index contributed by atoms with van der Waals surface area (Å²) >= 11 is 0. The maximum atomic E-state index is 12.7. The van der Waals surface area contributed by atoms with Gasteiger partial charge in [-0.3, -0.25) is 4.79 Å². The van der Waals surface area contributed by atoms with Crippen LogP contribution < -0.4 is 5.32 Å². The van der Waals surface area contributed by atoms with E-state index in [0.29, 0.717) is 6.07 Å². The number of amides is 1. The zero-order valence-electron chi connectivity index (χ0n) is 8.13. The SMILES string of the molecule is C[C@@H](O)CNC(=O)c1cc(F)cc(F)c1. The Hall–Kier alpha value is -1.49. The maximum Gasteiger partial charge on any atom is 0.251 e. The minimum absolute atomic E-state index is 0.0387. The molecule has 0 aliphatic rings. The minimum atomic E-state index is -0.808. The number of hydrogen-bond acceptors (Lipinski definition) is 2. The van der Waals surface area contributed by atoms with Crippen LogP contribution in [-0.2, 0) is 0 Å². The van der Waals surface area contributed by atoms with Gasteiger partial charge in [0.1, 0.15) is 11.6 Å². The van der Waals surface area contributed by atoms with E-state index in [9.17, 15) is 13.6 Å². The van der Waals surface area contributed by atoms with Crippen LogP contribution in [0.2, 0.25) is 0 Å². The highest BCUT2D eigenvalue weighted by molar-refractivity contribution is 5.94. The van der Waals surface area contributed by atoms with Gasteiger partial charge in [-0.05, 0) is 19.1 Å². The molecule has 0 aliphatic carbocycles. The van der Waals surface area contributed by atoms with E-state index in [1.54, 1.807) is 0 Å².